The molecule has 138 valence electrons. The van der Waals surface area contributed by atoms with E-state index in [9.17, 15) is 9.59 Å². The lowest BCUT2D eigenvalue weighted by Crippen LogP contribution is -2.32. The molecule has 26 heavy (non-hydrogen) atoms. The van der Waals surface area contributed by atoms with Gasteiger partial charge in [0.2, 0.25) is 0 Å². The molecule has 2 aromatic rings. The van der Waals surface area contributed by atoms with Gasteiger partial charge in [-0.1, -0.05) is 25.4 Å². The molecule has 0 fully saturated rings. The standard InChI is InChI=1S/C20H24ClN3O2/c1-3-13-24(14-4-2)19(25)15-5-9-17(10-6-15)22-20(26)23-18-11-7-16(21)8-12-18/h5-12H,3-4,13-14H2,1-2H3,(H2,22,23,26). The van der Waals surface area contributed by atoms with Gasteiger partial charge in [0.05, 0.1) is 0 Å². The molecule has 0 saturated carbocycles. The first-order valence-corrected chi connectivity index (χ1v) is 9.14. The maximum Gasteiger partial charge on any atom is 0.323 e. The number of benzene rings is 2. The zero-order chi connectivity index (χ0) is 18.9. The maximum atomic E-state index is 12.5. The summed E-state index contributed by atoms with van der Waals surface area (Å²) in [5.41, 5.74) is 1.88. The maximum absolute atomic E-state index is 12.5. The Kier molecular flexibility index (Phi) is 7.48. The number of hydrogen-bond acceptors (Lipinski definition) is 2. The molecule has 0 aromatic heterocycles. The fourth-order valence-electron chi connectivity index (χ4n) is 2.56. The van der Waals surface area contributed by atoms with Gasteiger partial charge in [-0.25, -0.2) is 4.79 Å². The lowest BCUT2D eigenvalue weighted by atomic mass is 10.1. The van der Waals surface area contributed by atoms with Crippen LogP contribution < -0.4 is 10.6 Å². The number of carbonyl (C=O) groups is 2. The van der Waals surface area contributed by atoms with Gasteiger partial charge in [0.25, 0.3) is 5.91 Å². The Morgan fingerprint density at radius 2 is 1.31 bits per heavy atom. The Hall–Kier alpha value is -2.53. The fraction of sp³-hybridized carbons (Fsp3) is 0.300. The third-order valence-corrected chi connectivity index (χ3v) is 4.02. The molecule has 0 spiro atoms. The Balaban J connectivity index is 1.96. The Labute approximate surface area is 159 Å². The summed E-state index contributed by atoms with van der Waals surface area (Å²) in [6, 6.07) is 13.4. The molecule has 3 amide bonds. The van der Waals surface area contributed by atoms with Crippen molar-refractivity contribution in [3.63, 3.8) is 0 Å². The molecule has 6 heteroatoms. The first kappa shape index (κ1) is 19.8. The third kappa shape index (κ3) is 5.77. The van der Waals surface area contributed by atoms with Gasteiger partial charge in [-0.05, 0) is 61.4 Å². The van der Waals surface area contributed by atoms with Crippen LogP contribution in [0.25, 0.3) is 0 Å². The molecular weight excluding hydrogens is 350 g/mol. The van der Waals surface area contributed by atoms with Gasteiger partial charge < -0.3 is 15.5 Å². The lowest BCUT2D eigenvalue weighted by molar-refractivity contribution is 0.0755. The molecule has 5 nitrogen and oxygen atoms in total. The summed E-state index contributed by atoms with van der Waals surface area (Å²) < 4.78 is 0. The van der Waals surface area contributed by atoms with Crippen molar-refractivity contribution in [3.8, 4) is 0 Å². The van der Waals surface area contributed by atoms with E-state index in [0.29, 0.717) is 22.0 Å². The van der Waals surface area contributed by atoms with E-state index < -0.39 is 0 Å². The third-order valence-electron chi connectivity index (χ3n) is 3.77. The smallest absolute Gasteiger partial charge is 0.323 e. The molecule has 0 saturated heterocycles. The molecule has 0 atom stereocenters. The number of nitrogens with one attached hydrogen (secondary N) is 2. The quantitative estimate of drug-likeness (QED) is 0.696. The zero-order valence-corrected chi connectivity index (χ0v) is 15.8. The van der Waals surface area contributed by atoms with Gasteiger partial charge in [-0.2, -0.15) is 0 Å². The number of hydrogen-bond donors (Lipinski definition) is 2. The molecular formula is C20H24ClN3O2. The molecule has 2 rings (SSSR count). The number of rotatable bonds is 7. The zero-order valence-electron chi connectivity index (χ0n) is 15.1. The summed E-state index contributed by atoms with van der Waals surface area (Å²) in [5.74, 6) is 0.0193. The van der Waals surface area contributed by atoms with E-state index in [4.69, 9.17) is 11.6 Å². The summed E-state index contributed by atoms with van der Waals surface area (Å²) in [5, 5.41) is 6.07. The van der Waals surface area contributed by atoms with Gasteiger partial charge in [-0.3, -0.25) is 4.79 Å². The van der Waals surface area contributed by atoms with Crippen LogP contribution in [-0.2, 0) is 0 Å². The van der Waals surface area contributed by atoms with Crippen LogP contribution in [0, 0.1) is 0 Å². The number of anilines is 2. The van der Waals surface area contributed by atoms with Gasteiger partial charge in [-0.15, -0.1) is 0 Å². The van der Waals surface area contributed by atoms with E-state index in [0.717, 1.165) is 25.9 Å². The highest BCUT2D eigenvalue weighted by molar-refractivity contribution is 6.30. The number of halogens is 1. The molecule has 0 aliphatic rings. The molecule has 0 unspecified atom stereocenters. The van der Waals surface area contributed by atoms with Gasteiger partial charge in [0.15, 0.2) is 0 Å². The predicted molar refractivity (Wildman–Crippen MR) is 107 cm³/mol. The predicted octanol–water partition coefficient (Wildman–Crippen LogP) is 5.25. The highest BCUT2D eigenvalue weighted by atomic mass is 35.5. The van der Waals surface area contributed by atoms with Crippen LogP contribution in [0.4, 0.5) is 16.2 Å². The van der Waals surface area contributed by atoms with Gasteiger partial charge in [0, 0.05) is 35.1 Å². The molecule has 2 N–H and O–H groups in total. The minimum atomic E-state index is -0.356. The van der Waals surface area contributed by atoms with E-state index in [-0.39, 0.29) is 11.9 Å². The summed E-state index contributed by atoms with van der Waals surface area (Å²) in [6.07, 6.45) is 1.85. The number of carbonyl (C=O) groups excluding carboxylic acids is 2. The Bertz CT molecular complexity index is 724. The second kappa shape index (κ2) is 9.82. The minimum Gasteiger partial charge on any atom is -0.339 e. The van der Waals surface area contributed by atoms with Crippen LogP contribution in [0.15, 0.2) is 48.5 Å². The second-order valence-corrected chi connectivity index (χ2v) is 6.39. The number of nitrogens with zero attached hydrogens (tertiary/aromatic N) is 1. The van der Waals surface area contributed by atoms with Crippen LogP contribution in [-0.4, -0.2) is 29.9 Å². The van der Waals surface area contributed by atoms with E-state index in [1.54, 1.807) is 48.5 Å². The first-order chi connectivity index (χ1) is 12.5. The Morgan fingerprint density at radius 3 is 1.77 bits per heavy atom. The highest BCUT2D eigenvalue weighted by Crippen LogP contribution is 2.15. The summed E-state index contributed by atoms with van der Waals surface area (Å²) >= 11 is 5.82. The molecule has 0 heterocycles. The lowest BCUT2D eigenvalue weighted by Gasteiger charge is -2.21. The number of amides is 3. The van der Waals surface area contributed by atoms with Gasteiger partial charge >= 0.3 is 6.03 Å². The fourth-order valence-corrected chi connectivity index (χ4v) is 2.69. The average molecular weight is 374 g/mol. The average Bonchev–Trinajstić information content (AvgIpc) is 2.63. The van der Waals surface area contributed by atoms with Crippen molar-refractivity contribution in [1.29, 1.82) is 0 Å². The topological polar surface area (TPSA) is 61.4 Å². The minimum absolute atomic E-state index is 0.0193. The van der Waals surface area contributed by atoms with E-state index in [1.165, 1.54) is 0 Å². The molecule has 0 radical (unpaired) electrons. The summed E-state index contributed by atoms with van der Waals surface area (Å²) in [6.45, 7) is 5.61. The summed E-state index contributed by atoms with van der Waals surface area (Å²) in [7, 11) is 0. The van der Waals surface area contributed by atoms with Crippen molar-refractivity contribution >= 4 is 34.9 Å². The van der Waals surface area contributed by atoms with Crippen LogP contribution in [0.2, 0.25) is 5.02 Å². The van der Waals surface area contributed by atoms with Crippen molar-refractivity contribution in [1.82, 2.24) is 4.90 Å². The van der Waals surface area contributed by atoms with Crippen molar-refractivity contribution in [3.05, 3.63) is 59.1 Å². The number of urea groups is 1. The second-order valence-electron chi connectivity index (χ2n) is 5.96. The molecule has 0 aliphatic carbocycles. The van der Waals surface area contributed by atoms with Crippen LogP contribution in [0.3, 0.4) is 0 Å². The van der Waals surface area contributed by atoms with Gasteiger partial charge in [0.1, 0.15) is 0 Å². The largest absolute Gasteiger partial charge is 0.339 e. The van der Waals surface area contributed by atoms with Crippen molar-refractivity contribution in [2.45, 2.75) is 26.7 Å². The normalized spacial score (nSPS) is 10.3. The van der Waals surface area contributed by atoms with Crippen molar-refractivity contribution in [2.24, 2.45) is 0 Å². The monoisotopic (exact) mass is 373 g/mol. The van der Waals surface area contributed by atoms with Crippen LogP contribution in [0.5, 0.6) is 0 Å². The summed E-state index contributed by atoms with van der Waals surface area (Å²) in [4.78, 5) is 26.4. The Morgan fingerprint density at radius 1 is 0.846 bits per heavy atom. The van der Waals surface area contributed by atoms with Crippen molar-refractivity contribution in [2.75, 3.05) is 23.7 Å². The SMILES string of the molecule is CCCN(CCC)C(=O)c1ccc(NC(=O)Nc2ccc(Cl)cc2)cc1. The van der Waals surface area contributed by atoms with Crippen molar-refractivity contribution < 1.29 is 9.59 Å². The molecule has 0 bridgehead atoms. The first-order valence-electron chi connectivity index (χ1n) is 8.76. The highest BCUT2D eigenvalue weighted by Gasteiger charge is 2.14. The van der Waals surface area contributed by atoms with Crippen LogP contribution in [0.1, 0.15) is 37.0 Å². The van der Waals surface area contributed by atoms with E-state index >= 15 is 0 Å². The molecule has 2 aromatic carbocycles. The molecule has 0 aliphatic heterocycles. The van der Waals surface area contributed by atoms with Crippen LogP contribution >= 0.6 is 11.6 Å². The van der Waals surface area contributed by atoms with E-state index in [2.05, 4.69) is 24.5 Å². The van der Waals surface area contributed by atoms with E-state index in [1.807, 2.05) is 4.90 Å².